The monoisotopic (exact) mass is 406 g/mol. The molecule has 1 aromatic heterocycles. The fraction of sp³-hybridized carbons (Fsp3) is 0.250. The summed E-state index contributed by atoms with van der Waals surface area (Å²) >= 11 is 1.41. The van der Waals surface area contributed by atoms with Crippen molar-refractivity contribution in [3.05, 3.63) is 87.3 Å². The summed E-state index contributed by atoms with van der Waals surface area (Å²) in [5, 5.41) is 3.40. The van der Waals surface area contributed by atoms with Crippen LogP contribution in [-0.4, -0.2) is 11.8 Å². The van der Waals surface area contributed by atoms with Crippen molar-refractivity contribution < 1.29 is 9.59 Å². The molecule has 150 valence electrons. The minimum Gasteiger partial charge on any atom is -0.365 e. The zero-order valence-electron chi connectivity index (χ0n) is 17.2. The highest BCUT2D eigenvalue weighted by molar-refractivity contribution is 7.17. The Hall–Kier alpha value is -2.92. The molecule has 0 bridgehead atoms. The van der Waals surface area contributed by atoms with E-state index in [0.717, 1.165) is 21.6 Å². The second-order valence-electron chi connectivity index (χ2n) is 8.16. The molecule has 5 heteroatoms. The van der Waals surface area contributed by atoms with Crippen LogP contribution >= 0.6 is 11.3 Å². The number of carbonyl (C=O) groups is 2. The minimum absolute atomic E-state index is 0.0192. The maximum atomic E-state index is 12.8. The molecule has 3 aromatic rings. The summed E-state index contributed by atoms with van der Waals surface area (Å²) in [4.78, 5) is 25.8. The molecule has 0 aliphatic rings. The first kappa shape index (κ1) is 20.8. The van der Waals surface area contributed by atoms with Crippen LogP contribution in [0, 0.1) is 6.92 Å². The molecule has 0 radical (unpaired) electrons. The lowest BCUT2D eigenvalue weighted by Crippen LogP contribution is -2.18. The lowest BCUT2D eigenvalue weighted by Gasteiger charge is -2.19. The molecule has 2 aromatic carbocycles. The zero-order chi connectivity index (χ0) is 21.2. The topological polar surface area (TPSA) is 72.2 Å². The van der Waals surface area contributed by atoms with E-state index in [2.05, 4.69) is 26.1 Å². The molecule has 1 heterocycles. The molecule has 3 rings (SSSR count). The molecule has 0 aliphatic carbocycles. The van der Waals surface area contributed by atoms with Gasteiger partial charge >= 0.3 is 0 Å². The van der Waals surface area contributed by atoms with Crippen LogP contribution < -0.4 is 11.1 Å². The molecule has 4 nitrogen and oxygen atoms in total. The Kier molecular flexibility index (Phi) is 5.89. The van der Waals surface area contributed by atoms with Crippen molar-refractivity contribution in [3.63, 3.8) is 0 Å². The maximum absolute atomic E-state index is 12.8. The zero-order valence-corrected chi connectivity index (χ0v) is 18.0. The van der Waals surface area contributed by atoms with E-state index in [1.165, 1.54) is 11.3 Å². The number of anilines is 1. The highest BCUT2D eigenvalue weighted by atomic mass is 32.1. The number of amides is 2. The lowest BCUT2D eigenvalue weighted by atomic mass is 9.87. The summed E-state index contributed by atoms with van der Waals surface area (Å²) in [7, 11) is 0. The van der Waals surface area contributed by atoms with Gasteiger partial charge in [-0.3, -0.25) is 9.59 Å². The van der Waals surface area contributed by atoms with Gasteiger partial charge in [-0.15, -0.1) is 11.3 Å². The Balaban J connectivity index is 1.87. The summed E-state index contributed by atoms with van der Waals surface area (Å²) in [5.74, 6) is -0.781. The summed E-state index contributed by atoms with van der Waals surface area (Å²) in [6.07, 6.45) is 0.688. The summed E-state index contributed by atoms with van der Waals surface area (Å²) in [5.41, 5.74) is 9.70. The van der Waals surface area contributed by atoms with Crippen molar-refractivity contribution in [1.29, 1.82) is 0 Å². The molecular weight excluding hydrogens is 380 g/mol. The van der Waals surface area contributed by atoms with Crippen LogP contribution in [-0.2, 0) is 11.8 Å². The first-order valence-corrected chi connectivity index (χ1v) is 10.4. The summed E-state index contributed by atoms with van der Waals surface area (Å²) < 4.78 is 0. The van der Waals surface area contributed by atoms with E-state index in [1.54, 1.807) is 0 Å². The van der Waals surface area contributed by atoms with Crippen LogP contribution in [0.25, 0.3) is 0 Å². The van der Waals surface area contributed by atoms with Crippen LogP contribution in [0.15, 0.2) is 54.6 Å². The molecule has 0 aliphatic heterocycles. The molecule has 2 amide bonds. The average Bonchev–Trinajstić information content (AvgIpc) is 2.97. The van der Waals surface area contributed by atoms with Gasteiger partial charge in [-0.1, -0.05) is 63.2 Å². The van der Waals surface area contributed by atoms with Crippen molar-refractivity contribution in [2.45, 2.75) is 39.5 Å². The Morgan fingerprint density at radius 3 is 2.17 bits per heavy atom. The van der Waals surface area contributed by atoms with Crippen molar-refractivity contribution in [1.82, 2.24) is 0 Å². The molecule has 0 spiro atoms. The maximum Gasteiger partial charge on any atom is 0.256 e. The third kappa shape index (κ3) is 4.74. The van der Waals surface area contributed by atoms with Crippen LogP contribution in [0.3, 0.4) is 0 Å². The van der Waals surface area contributed by atoms with Gasteiger partial charge in [-0.25, -0.2) is 0 Å². The number of carbonyl (C=O) groups excluding carboxylic acids is 2. The van der Waals surface area contributed by atoms with Gasteiger partial charge in [0.2, 0.25) is 0 Å². The summed E-state index contributed by atoms with van der Waals surface area (Å²) in [6, 6.07) is 17.6. The van der Waals surface area contributed by atoms with E-state index in [9.17, 15) is 9.59 Å². The Morgan fingerprint density at radius 2 is 1.62 bits per heavy atom. The van der Waals surface area contributed by atoms with Crippen LogP contribution in [0.5, 0.6) is 0 Å². The van der Waals surface area contributed by atoms with Gasteiger partial charge in [-0.05, 0) is 41.2 Å². The Bertz CT molecular complexity index is 1030. The predicted octanol–water partition coefficient (Wildman–Crippen LogP) is 5.30. The number of thiophene rings is 1. The predicted molar refractivity (Wildman–Crippen MR) is 120 cm³/mol. The van der Waals surface area contributed by atoms with Crippen molar-refractivity contribution in [2.24, 2.45) is 5.73 Å². The van der Waals surface area contributed by atoms with Gasteiger partial charge in [-0.2, -0.15) is 0 Å². The first-order chi connectivity index (χ1) is 13.7. The molecule has 0 unspecified atom stereocenters. The number of rotatable bonds is 5. The smallest absolute Gasteiger partial charge is 0.256 e. The van der Waals surface area contributed by atoms with Gasteiger partial charge in [0.05, 0.1) is 5.56 Å². The lowest BCUT2D eigenvalue weighted by molar-refractivity contribution is 0.100. The van der Waals surface area contributed by atoms with Gasteiger partial charge in [0.1, 0.15) is 5.00 Å². The third-order valence-electron chi connectivity index (χ3n) is 4.94. The standard InChI is InChI=1S/C24H26N2O2S/c1-15-19(14-16-8-6-5-7-9-16)29-23(20(15)21(25)27)26-22(28)17-10-12-18(13-11-17)24(2,3)4/h5-13H,14H2,1-4H3,(H2,25,27)(H,26,28). The van der Waals surface area contributed by atoms with E-state index in [-0.39, 0.29) is 11.3 Å². The normalized spacial score (nSPS) is 11.3. The van der Waals surface area contributed by atoms with Crippen LogP contribution in [0.2, 0.25) is 0 Å². The minimum atomic E-state index is -0.531. The highest BCUT2D eigenvalue weighted by Crippen LogP contribution is 2.34. The molecule has 0 atom stereocenters. The van der Waals surface area contributed by atoms with Gasteiger partial charge in [0.15, 0.2) is 0 Å². The molecular formula is C24H26N2O2S. The van der Waals surface area contributed by atoms with Crippen molar-refractivity contribution >= 4 is 28.2 Å². The number of benzene rings is 2. The fourth-order valence-electron chi connectivity index (χ4n) is 3.19. The van der Waals surface area contributed by atoms with Crippen molar-refractivity contribution in [3.8, 4) is 0 Å². The molecule has 0 saturated carbocycles. The fourth-order valence-corrected chi connectivity index (χ4v) is 4.43. The van der Waals surface area contributed by atoms with E-state index < -0.39 is 5.91 Å². The van der Waals surface area contributed by atoms with Gasteiger partial charge in [0, 0.05) is 16.9 Å². The SMILES string of the molecule is Cc1c(Cc2ccccc2)sc(NC(=O)c2ccc(C(C)(C)C)cc2)c1C(N)=O. The summed E-state index contributed by atoms with van der Waals surface area (Å²) in [6.45, 7) is 8.26. The highest BCUT2D eigenvalue weighted by Gasteiger charge is 2.22. The average molecular weight is 407 g/mol. The van der Waals surface area contributed by atoms with Crippen molar-refractivity contribution in [2.75, 3.05) is 5.32 Å². The van der Waals surface area contributed by atoms with E-state index >= 15 is 0 Å². The van der Waals surface area contributed by atoms with E-state index in [0.29, 0.717) is 22.5 Å². The van der Waals surface area contributed by atoms with Crippen LogP contribution in [0.4, 0.5) is 5.00 Å². The first-order valence-electron chi connectivity index (χ1n) is 9.54. The van der Waals surface area contributed by atoms with E-state index in [4.69, 9.17) is 5.73 Å². The van der Waals surface area contributed by atoms with Gasteiger partial charge < -0.3 is 11.1 Å². The molecule has 0 fully saturated rings. The Morgan fingerprint density at radius 1 is 1.00 bits per heavy atom. The van der Waals surface area contributed by atoms with E-state index in [1.807, 2.05) is 61.5 Å². The number of hydrogen-bond donors (Lipinski definition) is 2. The number of nitrogens with two attached hydrogens (primary N) is 1. The second kappa shape index (κ2) is 8.21. The Labute approximate surface area is 175 Å². The number of hydrogen-bond acceptors (Lipinski definition) is 3. The number of nitrogens with one attached hydrogen (secondary N) is 1. The van der Waals surface area contributed by atoms with Gasteiger partial charge in [0.25, 0.3) is 11.8 Å². The second-order valence-corrected chi connectivity index (χ2v) is 9.27. The number of primary amides is 1. The quantitative estimate of drug-likeness (QED) is 0.604. The largest absolute Gasteiger partial charge is 0.365 e. The molecule has 3 N–H and O–H groups in total. The third-order valence-corrected chi connectivity index (χ3v) is 6.15. The van der Waals surface area contributed by atoms with Crippen LogP contribution in [0.1, 0.15) is 63.1 Å². The molecule has 0 saturated heterocycles. The molecule has 29 heavy (non-hydrogen) atoms.